The molecule has 1 N–H and O–H groups in total. The Morgan fingerprint density at radius 3 is 2.44 bits per heavy atom. The number of hydrogen-bond acceptors (Lipinski definition) is 4. The van der Waals surface area contributed by atoms with Gasteiger partial charge in [-0.05, 0) is 42.0 Å². The SMILES string of the molecule is O=C1NN(c2ccc(Cl)cc2)C(=O)/C1=C/c1cc2c(cc1Cl)OCO2. The summed E-state index contributed by atoms with van der Waals surface area (Å²) in [6.07, 6.45) is 1.43. The highest BCUT2D eigenvalue weighted by Gasteiger charge is 2.34. The van der Waals surface area contributed by atoms with Crippen molar-refractivity contribution in [1.82, 2.24) is 5.43 Å². The van der Waals surface area contributed by atoms with Gasteiger partial charge >= 0.3 is 0 Å². The molecule has 25 heavy (non-hydrogen) atoms. The summed E-state index contributed by atoms with van der Waals surface area (Å²) in [5, 5.41) is 2.04. The van der Waals surface area contributed by atoms with Gasteiger partial charge in [0.2, 0.25) is 6.79 Å². The highest BCUT2D eigenvalue weighted by atomic mass is 35.5. The van der Waals surface area contributed by atoms with E-state index in [1.165, 1.54) is 6.08 Å². The number of halogens is 2. The molecule has 0 aromatic heterocycles. The van der Waals surface area contributed by atoms with Crippen molar-refractivity contribution >= 4 is 46.8 Å². The minimum atomic E-state index is -0.520. The van der Waals surface area contributed by atoms with Crippen LogP contribution in [0, 0.1) is 0 Å². The topological polar surface area (TPSA) is 67.9 Å². The summed E-state index contributed by atoms with van der Waals surface area (Å²) in [5.41, 5.74) is 3.48. The highest BCUT2D eigenvalue weighted by molar-refractivity contribution is 6.35. The van der Waals surface area contributed by atoms with Crippen LogP contribution < -0.4 is 19.9 Å². The molecule has 1 saturated heterocycles. The molecule has 4 rings (SSSR count). The molecule has 2 aliphatic rings. The molecule has 126 valence electrons. The lowest BCUT2D eigenvalue weighted by Gasteiger charge is -2.14. The number of benzene rings is 2. The van der Waals surface area contributed by atoms with E-state index in [1.807, 2.05) is 0 Å². The predicted molar refractivity (Wildman–Crippen MR) is 92.6 cm³/mol. The largest absolute Gasteiger partial charge is 0.454 e. The highest BCUT2D eigenvalue weighted by Crippen LogP contribution is 2.38. The van der Waals surface area contributed by atoms with E-state index < -0.39 is 11.8 Å². The van der Waals surface area contributed by atoms with E-state index in [0.29, 0.717) is 32.8 Å². The van der Waals surface area contributed by atoms with Crippen LogP contribution in [0.2, 0.25) is 10.0 Å². The predicted octanol–water partition coefficient (Wildman–Crippen LogP) is 3.18. The summed E-state index contributed by atoms with van der Waals surface area (Å²) < 4.78 is 10.5. The third-order valence-corrected chi connectivity index (χ3v) is 4.35. The van der Waals surface area contributed by atoms with Gasteiger partial charge in [-0.15, -0.1) is 0 Å². The van der Waals surface area contributed by atoms with Crippen molar-refractivity contribution in [2.75, 3.05) is 11.8 Å². The van der Waals surface area contributed by atoms with E-state index >= 15 is 0 Å². The van der Waals surface area contributed by atoms with Crippen molar-refractivity contribution in [2.24, 2.45) is 0 Å². The van der Waals surface area contributed by atoms with Crippen molar-refractivity contribution in [2.45, 2.75) is 0 Å². The number of carbonyl (C=O) groups excluding carboxylic acids is 2. The minimum Gasteiger partial charge on any atom is -0.454 e. The summed E-state index contributed by atoms with van der Waals surface area (Å²) in [6.45, 7) is 0.107. The number of rotatable bonds is 2. The molecule has 0 aliphatic carbocycles. The maximum absolute atomic E-state index is 12.6. The standard InChI is InChI=1S/C17H10Cl2N2O4/c18-10-1-3-11(4-2-10)21-17(23)12(16(22)20-21)5-9-6-14-15(7-13(9)19)25-8-24-14/h1-7H,8H2,(H,20,22)/b12-5+. The van der Waals surface area contributed by atoms with Crippen molar-refractivity contribution in [3.8, 4) is 11.5 Å². The zero-order valence-corrected chi connectivity index (χ0v) is 14.1. The Balaban J connectivity index is 1.69. The number of hydrogen-bond donors (Lipinski definition) is 1. The van der Waals surface area contributed by atoms with Crippen LogP contribution in [0.25, 0.3) is 6.08 Å². The smallest absolute Gasteiger partial charge is 0.282 e. The fraction of sp³-hybridized carbons (Fsp3) is 0.0588. The quantitative estimate of drug-likeness (QED) is 0.645. The van der Waals surface area contributed by atoms with Gasteiger partial charge in [0.15, 0.2) is 11.5 Å². The number of fused-ring (bicyclic) bond motifs is 1. The Hall–Kier alpha value is -2.70. The fourth-order valence-electron chi connectivity index (χ4n) is 2.53. The third-order valence-electron chi connectivity index (χ3n) is 3.77. The first kappa shape index (κ1) is 15.8. The molecule has 2 aromatic rings. The summed E-state index contributed by atoms with van der Waals surface area (Å²) in [6, 6.07) is 9.75. The molecule has 0 atom stereocenters. The Morgan fingerprint density at radius 1 is 1.04 bits per heavy atom. The van der Waals surface area contributed by atoms with E-state index in [4.69, 9.17) is 32.7 Å². The van der Waals surface area contributed by atoms with Crippen molar-refractivity contribution in [3.63, 3.8) is 0 Å². The summed E-state index contributed by atoms with van der Waals surface area (Å²) in [4.78, 5) is 24.8. The molecule has 1 fully saturated rings. The summed E-state index contributed by atoms with van der Waals surface area (Å²) in [5.74, 6) is 0.0311. The average molecular weight is 377 g/mol. The van der Waals surface area contributed by atoms with Crippen molar-refractivity contribution in [3.05, 3.63) is 57.6 Å². The van der Waals surface area contributed by atoms with Gasteiger partial charge < -0.3 is 9.47 Å². The lowest BCUT2D eigenvalue weighted by molar-refractivity contribution is -0.117. The third kappa shape index (κ3) is 2.79. The van der Waals surface area contributed by atoms with Crippen molar-refractivity contribution in [1.29, 1.82) is 0 Å². The van der Waals surface area contributed by atoms with Gasteiger partial charge in [0.05, 0.1) is 10.7 Å². The summed E-state index contributed by atoms with van der Waals surface area (Å²) in [7, 11) is 0. The van der Waals surface area contributed by atoms with E-state index in [0.717, 1.165) is 5.01 Å². The molecule has 0 spiro atoms. The average Bonchev–Trinajstić information content (AvgIpc) is 3.15. The maximum atomic E-state index is 12.6. The monoisotopic (exact) mass is 376 g/mol. The van der Waals surface area contributed by atoms with Crippen LogP contribution in [0.4, 0.5) is 5.69 Å². The lowest BCUT2D eigenvalue weighted by Crippen LogP contribution is -2.35. The number of carbonyl (C=O) groups is 2. The van der Waals surface area contributed by atoms with E-state index in [-0.39, 0.29) is 12.4 Å². The number of anilines is 1. The second-order valence-corrected chi connectivity index (χ2v) is 6.19. The van der Waals surface area contributed by atoms with Crippen LogP contribution in [0.5, 0.6) is 11.5 Å². The van der Waals surface area contributed by atoms with Gasteiger partial charge in [-0.3, -0.25) is 15.0 Å². The zero-order chi connectivity index (χ0) is 17.6. The Labute approximate surface area is 152 Å². The van der Waals surface area contributed by atoms with Crippen LogP contribution in [0.1, 0.15) is 5.56 Å². The second kappa shape index (κ2) is 5.98. The molecule has 2 amide bonds. The fourth-order valence-corrected chi connectivity index (χ4v) is 2.86. The van der Waals surface area contributed by atoms with Crippen LogP contribution in [-0.4, -0.2) is 18.6 Å². The Bertz CT molecular complexity index is 925. The Kier molecular flexibility index (Phi) is 3.78. The van der Waals surface area contributed by atoms with E-state index in [1.54, 1.807) is 36.4 Å². The molecule has 0 saturated carbocycles. The van der Waals surface area contributed by atoms with Crippen molar-refractivity contribution < 1.29 is 19.1 Å². The molecule has 0 radical (unpaired) electrons. The van der Waals surface area contributed by atoms with Gasteiger partial charge in [-0.1, -0.05) is 23.2 Å². The molecule has 2 heterocycles. The molecule has 6 nitrogen and oxygen atoms in total. The number of ether oxygens (including phenoxy) is 2. The van der Waals surface area contributed by atoms with E-state index in [9.17, 15) is 9.59 Å². The zero-order valence-electron chi connectivity index (χ0n) is 12.6. The van der Waals surface area contributed by atoms with Gasteiger partial charge in [0, 0.05) is 11.1 Å². The number of hydrazine groups is 1. The Morgan fingerprint density at radius 2 is 1.72 bits per heavy atom. The number of amides is 2. The molecule has 0 unspecified atom stereocenters. The number of nitrogens with zero attached hydrogens (tertiary/aromatic N) is 1. The first-order chi connectivity index (χ1) is 12.0. The lowest BCUT2D eigenvalue weighted by atomic mass is 10.1. The number of nitrogens with one attached hydrogen (secondary N) is 1. The minimum absolute atomic E-state index is 0.0317. The molecule has 8 heteroatoms. The second-order valence-electron chi connectivity index (χ2n) is 5.34. The molecular weight excluding hydrogens is 367 g/mol. The van der Waals surface area contributed by atoms with Crippen LogP contribution in [-0.2, 0) is 9.59 Å². The molecule has 2 aromatic carbocycles. The molecular formula is C17H10Cl2N2O4. The van der Waals surface area contributed by atoms with Gasteiger partial charge in [0.25, 0.3) is 11.8 Å². The normalized spacial score (nSPS) is 17.4. The maximum Gasteiger partial charge on any atom is 0.282 e. The van der Waals surface area contributed by atoms with Crippen LogP contribution in [0.15, 0.2) is 42.0 Å². The molecule has 0 bridgehead atoms. The first-order valence-corrected chi connectivity index (χ1v) is 8.00. The summed E-state index contributed by atoms with van der Waals surface area (Å²) >= 11 is 12.0. The van der Waals surface area contributed by atoms with Gasteiger partial charge in [-0.25, -0.2) is 5.01 Å². The van der Waals surface area contributed by atoms with Gasteiger partial charge in [0.1, 0.15) is 5.57 Å². The molecule has 2 aliphatic heterocycles. The van der Waals surface area contributed by atoms with Gasteiger partial charge in [-0.2, -0.15) is 0 Å². The van der Waals surface area contributed by atoms with Crippen LogP contribution in [0.3, 0.4) is 0 Å². The van der Waals surface area contributed by atoms with Crippen LogP contribution >= 0.6 is 23.2 Å². The first-order valence-electron chi connectivity index (χ1n) is 7.25. The van der Waals surface area contributed by atoms with E-state index in [2.05, 4.69) is 5.43 Å².